The van der Waals surface area contributed by atoms with Gasteiger partial charge in [0.2, 0.25) is 4.77 Å². The summed E-state index contributed by atoms with van der Waals surface area (Å²) in [5, 5.41) is 8.56. The van der Waals surface area contributed by atoms with E-state index >= 15 is 0 Å². The number of nitrogens with zero attached hydrogens (tertiary/aromatic N) is 2. The van der Waals surface area contributed by atoms with Crippen LogP contribution in [0, 0.1) is 4.77 Å². The van der Waals surface area contributed by atoms with Crippen LogP contribution in [0.1, 0.15) is 11.1 Å². The molecule has 3 aromatic carbocycles. The first-order valence-electron chi connectivity index (χ1n) is 10.4. The quantitative estimate of drug-likeness (QED) is 0.220. The Morgan fingerprint density at radius 1 is 0.943 bits per heavy atom. The van der Waals surface area contributed by atoms with Crippen molar-refractivity contribution < 1.29 is 14.2 Å². The lowest BCUT2D eigenvalue weighted by Gasteiger charge is -2.16. The molecule has 0 aliphatic rings. The van der Waals surface area contributed by atoms with Crippen LogP contribution in [-0.2, 0) is 13.2 Å². The Bertz CT molecular complexity index is 1390. The van der Waals surface area contributed by atoms with E-state index in [1.807, 2.05) is 30.3 Å². The van der Waals surface area contributed by atoms with E-state index in [0.29, 0.717) is 55.0 Å². The molecule has 11 heteroatoms. The molecule has 0 spiro atoms. The summed E-state index contributed by atoms with van der Waals surface area (Å²) in [5.74, 6) is 2.12. The molecule has 0 radical (unpaired) electrons. The van der Waals surface area contributed by atoms with E-state index in [4.69, 9.17) is 61.2 Å². The predicted molar refractivity (Wildman–Crippen MR) is 141 cm³/mol. The number of aromatic nitrogens is 3. The van der Waals surface area contributed by atoms with Crippen LogP contribution in [0.2, 0.25) is 15.1 Å². The lowest BCUT2D eigenvalue weighted by atomic mass is 10.2. The van der Waals surface area contributed by atoms with Crippen molar-refractivity contribution >= 4 is 47.0 Å². The number of para-hydroxylation sites is 1. The first-order chi connectivity index (χ1) is 16.9. The van der Waals surface area contributed by atoms with Crippen LogP contribution in [0.15, 0.2) is 54.6 Å². The third-order valence-electron chi connectivity index (χ3n) is 5.17. The number of ether oxygens (including phenoxy) is 3. The maximum atomic E-state index is 6.56. The number of halogens is 3. The normalized spacial score (nSPS) is 10.8. The molecule has 0 saturated heterocycles. The van der Waals surface area contributed by atoms with Crippen LogP contribution in [0.4, 0.5) is 0 Å². The van der Waals surface area contributed by atoms with Gasteiger partial charge in [-0.3, -0.25) is 0 Å². The van der Waals surface area contributed by atoms with Gasteiger partial charge in [0.15, 0.2) is 17.3 Å². The molecule has 0 aliphatic heterocycles. The molecule has 1 aromatic heterocycles. The second-order valence-electron chi connectivity index (χ2n) is 7.32. The van der Waals surface area contributed by atoms with Gasteiger partial charge in [-0.2, -0.15) is 5.10 Å². The monoisotopic (exact) mass is 550 g/mol. The number of methoxy groups -OCH3 is 2. The Hall–Kier alpha value is -2.91. The molecule has 0 aliphatic carbocycles. The first-order valence-corrected chi connectivity index (χ1v) is 11.9. The van der Waals surface area contributed by atoms with Gasteiger partial charge in [-0.1, -0.05) is 53.0 Å². The molecule has 2 N–H and O–H groups in total. The number of benzene rings is 3. The summed E-state index contributed by atoms with van der Waals surface area (Å²) in [5.41, 5.74) is 5.56. The third-order valence-corrected chi connectivity index (χ3v) is 6.44. The van der Waals surface area contributed by atoms with Crippen molar-refractivity contribution in [2.75, 3.05) is 19.6 Å². The Kier molecular flexibility index (Phi) is 8.07. The highest BCUT2D eigenvalue weighted by Gasteiger charge is 2.16. The van der Waals surface area contributed by atoms with E-state index in [0.717, 1.165) is 11.1 Å². The molecule has 35 heavy (non-hydrogen) atoms. The molecule has 0 unspecified atom stereocenters. The van der Waals surface area contributed by atoms with Gasteiger partial charge in [0.1, 0.15) is 12.4 Å². The molecule has 0 atom stereocenters. The van der Waals surface area contributed by atoms with Crippen LogP contribution in [0.3, 0.4) is 0 Å². The van der Waals surface area contributed by atoms with Gasteiger partial charge in [0, 0.05) is 15.6 Å². The molecule has 0 saturated carbocycles. The van der Waals surface area contributed by atoms with Crippen molar-refractivity contribution in [3.8, 4) is 28.6 Å². The van der Waals surface area contributed by atoms with Crippen LogP contribution >= 0.6 is 47.0 Å². The minimum Gasteiger partial charge on any atom is -0.496 e. The number of hydrogen-bond donors (Lipinski definition) is 2. The van der Waals surface area contributed by atoms with Crippen molar-refractivity contribution in [1.82, 2.24) is 14.9 Å². The highest BCUT2D eigenvalue weighted by atomic mass is 35.5. The van der Waals surface area contributed by atoms with Gasteiger partial charge in [-0.05, 0) is 54.2 Å². The minimum atomic E-state index is 0.138. The number of H-pyrrole nitrogens is 1. The summed E-state index contributed by atoms with van der Waals surface area (Å²) in [6.07, 6.45) is 0. The Morgan fingerprint density at radius 3 is 2.37 bits per heavy atom. The van der Waals surface area contributed by atoms with E-state index in [1.165, 1.54) is 0 Å². The van der Waals surface area contributed by atoms with Gasteiger partial charge in [-0.25, -0.2) is 9.77 Å². The van der Waals surface area contributed by atoms with Crippen molar-refractivity contribution in [1.29, 1.82) is 0 Å². The molecular weight excluding hydrogens is 531 g/mol. The van der Waals surface area contributed by atoms with E-state index in [2.05, 4.69) is 15.6 Å². The number of hydrogen-bond acceptors (Lipinski definition) is 6. The van der Waals surface area contributed by atoms with Crippen molar-refractivity contribution in [2.45, 2.75) is 13.2 Å². The zero-order valence-corrected chi connectivity index (χ0v) is 21.9. The summed E-state index contributed by atoms with van der Waals surface area (Å²) in [4.78, 5) is 0. The minimum absolute atomic E-state index is 0.138. The van der Waals surface area contributed by atoms with E-state index in [-0.39, 0.29) is 6.61 Å². The Balaban J connectivity index is 1.55. The molecule has 4 aromatic rings. The molecule has 1 heterocycles. The largest absolute Gasteiger partial charge is 0.496 e. The van der Waals surface area contributed by atoms with E-state index < -0.39 is 0 Å². The first kappa shape index (κ1) is 25.2. The number of nitrogens with one attached hydrogen (secondary N) is 2. The van der Waals surface area contributed by atoms with Crippen molar-refractivity contribution in [3.05, 3.63) is 85.6 Å². The van der Waals surface area contributed by atoms with Crippen LogP contribution in [0.25, 0.3) is 11.4 Å². The average Bonchev–Trinajstić information content (AvgIpc) is 3.22. The predicted octanol–water partition coefficient (Wildman–Crippen LogP) is 6.91. The summed E-state index contributed by atoms with van der Waals surface area (Å²) in [6, 6.07) is 16.4. The average molecular weight is 552 g/mol. The zero-order chi connectivity index (χ0) is 24.9. The SMILES string of the molecule is COc1ccccc1-c1n[nH]c(=S)n1NCc1cc(Cl)c(OCc2c(Cl)cccc2Cl)c(OC)c1. The topological polar surface area (TPSA) is 73.3 Å². The van der Waals surface area contributed by atoms with Gasteiger partial charge in [0.05, 0.1) is 31.4 Å². The Morgan fingerprint density at radius 2 is 1.66 bits per heavy atom. The molecule has 4 rings (SSSR count). The zero-order valence-electron chi connectivity index (χ0n) is 18.8. The van der Waals surface area contributed by atoms with Gasteiger partial charge >= 0.3 is 0 Å². The molecule has 0 bridgehead atoms. The van der Waals surface area contributed by atoms with Crippen molar-refractivity contribution in [2.24, 2.45) is 0 Å². The number of rotatable bonds is 9. The maximum Gasteiger partial charge on any atom is 0.214 e. The highest BCUT2D eigenvalue weighted by Crippen LogP contribution is 2.38. The fourth-order valence-electron chi connectivity index (χ4n) is 3.45. The maximum absolute atomic E-state index is 6.56. The lowest BCUT2D eigenvalue weighted by molar-refractivity contribution is 0.284. The van der Waals surface area contributed by atoms with Crippen molar-refractivity contribution in [3.63, 3.8) is 0 Å². The second kappa shape index (κ2) is 11.2. The molecule has 0 amide bonds. The fraction of sp³-hybridized carbons (Fsp3) is 0.167. The van der Waals surface area contributed by atoms with E-state index in [9.17, 15) is 0 Å². The fourth-order valence-corrected chi connectivity index (χ4v) is 4.45. The van der Waals surface area contributed by atoms with Gasteiger partial charge < -0.3 is 19.6 Å². The van der Waals surface area contributed by atoms with Crippen LogP contribution in [0.5, 0.6) is 17.2 Å². The smallest absolute Gasteiger partial charge is 0.214 e. The summed E-state index contributed by atoms with van der Waals surface area (Å²) in [7, 11) is 3.15. The summed E-state index contributed by atoms with van der Waals surface area (Å²) in [6.45, 7) is 0.515. The van der Waals surface area contributed by atoms with E-state index in [1.54, 1.807) is 43.2 Å². The third kappa shape index (κ3) is 5.51. The lowest BCUT2D eigenvalue weighted by Crippen LogP contribution is -2.16. The molecule has 0 fully saturated rings. The standard InChI is InChI=1S/C24H21Cl3N4O3S/c1-32-20-9-4-3-6-15(20)23-29-30-24(35)31(23)28-12-14-10-19(27)22(21(11-14)33-2)34-13-16-17(25)7-5-8-18(16)26/h3-11,28H,12-13H2,1-2H3,(H,30,35). The van der Waals surface area contributed by atoms with Crippen LogP contribution < -0.4 is 19.6 Å². The van der Waals surface area contributed by atoms with Gasteiger partial charge in [-0.15, -0.1) is 0 Å². The molecular formula is C24H21Cl3N4O3S. The number of aromatic amines is 1. The Labute approximate surface area is 222 Å². The second-order valence-corrected chi connectivity index (χ2v) is 8.93. The highest BCUT2D eigenvalue weighted by molar-refractivity contribution is 7.71. The van der Waals surface area contributed by atoms with Crippen LogP contribution in [-0.4, -0.2) is 29.1 Å². The van der Waals surface area contributed by atoms with Gasteiger partial charge in [0.25, 0.3) is 0 Å². The molecule has 182 valence electrons. The molecule has 7 nitrogen and oxygen atoms in total. The summed E-state index contributed by atoms with van der Waals surface area (Å²) >= 11 is 24.5. The summed E-state index contributed by atoms with van der Waals surface area (Å²) < 4.78 is 19.0.